The molecule has 5 rings (SSSR count). The van der Waals surface area contributed by atoms with Crippen molar-refractivity contribution < 1.29 is 27.9 Å². The van der Waals surface area contributed by atoms with Crippen molar-refractivity contribution in [3.8, 4) is 22.5 Å². The first-order chi connectivity index (χ1) is 18.2. The first kappa shape index (κ1) is 25.2. The Kier molecular flexibility index (Phi) is 6.70. The van der Waals surface area contributed by atoms with Gasteiger partial charge in [-0.3, -0.25) is 9.59 Å². The van der Waals surface area contributed by atoms with E-state index in [0.29, 0.717) is 49.0 Å². The minimum absolute atomic E-state index is 0.00530. The van der Waals surface area contributed by atoms with Crippen LogP contribution in [0.3, 0.4) is 0 Å². The minimum atomic E-state index is -4.42. The fraction of sp³-hybridized carbons (Fsp3) is 0.269. The van der Waals surface area contributed by atoms with Crippen molar-refractivity contribution in [1.82, 2.24) is 24.8 Å². The van der Waals surface area contributed by atoms with Crippen LogP contribution in [0.5, 0.6) is 0 Å². The van der Waals surface area contributed by atoms with Gasteiger partial charge in [-0.15, -0.1) is 0 Å². The summed E-state index contributed by atoms with van der Waals surface area (Å²) in [6.07, 6.45) is -1.18. The topological polar surface area (TPSA) is 115 Å². The van der Waals surface area contributed by atoms with Crippen molar-refractivity contribution in [1.29, 1.82) is 0 Å². The van der Waals surface area contributed by atoms with Crippen LogP contribution >= 0.6 is 0 Å². The zero-order valence-electron chi connectivity index (χ0n) is 20.1. The number of halogens is 3. The quantitative estimate of drug-likeness (QED) is 0.388. The van der Waals surface area contributed by atoms with E-state index in [-0.39, 0.29) is 18.7 Å². The molecule has 0 aliphatic carbocycles. The van der Waals surface area contributed by atoms with Crippen molar-refractivity contribution >= 4 is 28.9 Å². The number of carboxylic acids is 1. The summed E-state index contributed by atoms with van der Waals surface area (Å²) in [5.41, 5.74) is 2.42. The number of alkyl halides is 3. The van der Waals surface area contributed by atoms with Gasteiger partial charge in [0.05, 0.1) is 23.0 Å². The van der Waals surface area contributed by atoms with Gasteiger partial charge in [0.25, 0.3) is 0 Å². The summed E-state index contributed by atoms with van der Waals surface area (Å²) in [5, 5.41) is 8.75. The van der Waals surface area contributed by atoms with Crippen LogP contribution in [0, 0.1) is 0 Å². The van der Waals surface area contributed by atoms with Crippen molar-refractivity contribution in [2.24, 2.45) is 0 Å². The number of aromatic nitrogens is 4. The lowest BCUT2D eigenvalue weighted by molar-refractivity contribution is -0.141. The summed E-state index contributed by atoms with van der Waals surface area (Å²) in [5.74, 6) is -0.139. The number of piperazine rings is 1. The maximum atomic E-state index is 13.0. The number of carbonyl (C=O) groups excluding carboxylic acids is 1. The number of nitrogens with zero attached hydrogens (tertiary/aromatic N) is 5. The molecule has 12 heteroatoms. The standard InChI is InChI=1S/C26H23F3N6O3/c27-26(28,29)19-5-6-20-21(13-19)33-24(32-20)17-3-1-16(2-4-17)18-14-30-25(31-15-18)35-11-9-34(10-12-35)22(36)7-8-23(37)38/h1-6,13-15H,7-12H2,(H,32,33)(H,37,38). The van der Waals surface area contributed by atoms with E-state index in [9.17, 15) is 22.8 Å². The molecule has 1 amide bonds. The Morgan fingerprint density at radius 2 is 1.55 bits per heavy atom. The number of rotatable bonds is 6. The molecule has 1 aliphatic heterocycles. The summed E-state index contributed by atoms with van der Waals surface area (Å²) in [6, 6.07) is 10.8. The van der Waals surface area contributed by atoms with Gasteiger partial charge in [-0.25, -0.2) is 15.0 Å². The Balaban J connectivity index is 1.23. The van der Waals surface area contributed by atoms with Gasteiger partial charge >= 0.3 is 12.1 Å². The van der Waals surface area contributed by atoms with Gasteiger partial charge < -0.3 is 19.9 Å². The maximum Gasteiger partial charge on any atom is 0.416 e. The zero-order chi connectivity index (χ0) is 26.9. The number of anilines is 1. The van der Waals surface area contributed by atoms with Crippen LogP contribution < -0.4 is 4.90 Å². The molecule has 38 heavy (non-hydrogen) atoms. The van der Waals surface area contributed by atoms with Crippen LogP contribution in [0.2, 0.25) is 0 Å². The lowest BCUT2D eigenvalue weighted by Gasteiger charge is -2.34. The summed E-state index contributed by atoms with van der Waals surface area (Å²) >= 11 is 0. The number of amides is 1. The molecule has 0 bridgehead atoms. The molecule has 1 saturated heterocycles. The Morgan fingerprint density at radius 1 is 0.895 bits per heavy atom. The highest BCUT2D eigenvalue weighted by Gasteiger charge is 2.30. The van der Waals surface area contributed by atoms with Gasteiger partial charge in [0, 0.05) is 56.1 Å². The molecule has 0 saturated carbocycles. The predicted molar refractivity (Wildman–Crippen MR) is 133 cm³/mol. The smallest absolute Gasteiger partial charge is 0.416 e. The minimum Gasteiger partial charge on any atom is -0.481 e. The van der Waals surface area contributed by atoms with Gasteiger partial charge in [0.1, 0.15) is 5.82 Å². The Bertz CT molecular complexity index is 1460. The molecule has 1 fully saturated rings. The van der Waals surface area contributed by atoms with Crippen LogP contribution in [-0.2, 0) is 15.8 Å². The van der Waals surface area contributed by atoms with Gasteiger partial charge in [0.15, 0.2) is 0 Å². The molecule has 196 valence electrons. The number of benzene rings is 2. The lowest BCUT2D eigenvalue weighted by Crippen LogP contribution is -2.49. The molecular formula is C26H23F3N6O3. The molecule has 1 aliphatic rings. The van der Waals surface area contributed by atoms with Crippen molar-refractivity contribution in [2.45, 2.75) is 19.0 Å². The lowest BCUT2D eigenvalue weighted by atomic mass is 10.1. The van der Waals surface area contributed by atoms with Crippen LogP contribution in [0.1, 0.15) is 18.4 Å². The second-order valence-corrected chi connectivity index (χ2v) is 8.93. The summed E-state index contributed by atoms with van der Waals surface area (Å²) in [6.45, 7) is 2.05. The summed E-state index contributed by atoms with van der Waals surface area (Å²) in [4.78, 5) is 42.7. The highest BCUT2D eigenvalue weighted by Crippen LogP contribution is 2.32. The van der Waals surface area contributed by atoms with E-state index >= 15 is 0 Å². The maximum absolute atomic E-state index is 13.0. The Hall–Kier alpha value is -4.48. The molecular weight excluding hydrogens is 501 g/mol. The number of carbonyl (C=O) groups is 2. The molecule has 4 aromatic rings. The number of H-pyrrole nitrogens is 1. The normalized spacial score (nSPS) is 14.2. The van der Waals surface area contributed by atoms with E-state index in [2.05, 4.69) is 19.9 Å². The average Bonchev–Trinajstić information content (AvgIpc) is 3.35. The SMILES string of the molecule is O=C(O)CCC(=O)N1CCN(c2ncc(-c3ccc(-c4nc5ccc(C(F)(F)F)cc5[nH]4)cc3)cn2)CC1. The summed E-state index contributed by atoms with van der Waals surface area (Å²) in [7, 11) is 0. The molecule has 3 heterocycles. The summed E-state index contributed by atoms with van der Waals surface area (Å²) < 4.78 is 39.0. The predicted octanol–water partition coefficient (Wildman–Crippen LogP) is 4.22. The van der Waals surface area contributed by atoms with Gasteiger partial charge in [-0.2, -0.15) is 13.2 Å². The first-order valence-electron chi connectivity index (χ1n) is 11.9. The molecule has 2 aromatic carbocycles. The highest BCUT2D eigenvalue weighted by atomic mass is 19.4. The van der Waals surface area contributed by atoms with E-state index in [4.69, 9.17) is 5.11 Å². The van der Waals surface area contributed by atoms with Gasteiger partial charge in [0.2, 0.25) is 11.9 Å². The molecule has 2 N–H and O–H groups in total. The number of hydrogen-bond donors (Lipinski definition) is 2. The fourth-order valence-electron chi connectivity index (χ4n) is 4.30. The fourth-order valence-corrected chi connectivity index (χ4v) is 4.30. The van der Waals surface area contributed by atoms with Crippen LogP contribution in [0.25, 0.3) is 33.5 Å². The van der Waals surface area contributed by atoms with Gasteiger partial charge in [-0.05, 0) is 23.8 Å². The number of carboxylic acid groups (broad SMARTS) is 1. The molecule has 9 nitrogen and oxygen atoms in total. The third-order valence-corrected chi connectivity index (χ3v) is 6.41. The van der Waals surface area contributed by atoms with Crippen LogP contribution in [-0.4, -0.2) is 68.0 Å². The number of hydrogen-bond acceptors (Lipinski definition) is 6. The number of aliphatic carboxylic acids is 1. The van der Waals surface area contributed by atoms with Crippen molar-refractivity contribution in [2.75, 3.05) is 31.1 Å². The second-order valence-electron chi connectivity index (χ2n) is 8.93. The van der Waals surface area contributed by atoms with E-state index < -0.39 is 17.7 Å². The molecule has 2 aromatic heterocycles. The third-order valence-electron chi connectivity index (χ3n) is 6.41. The van der Waals surface area contributed by atoms with E-state index in [1.54, 1.807) is 17.3 Å². The largest absolute Gasteiger partial charge is 0.481 e. The molecule has 0 spiro atoms. The molecule has 0 atom stereocenters. The van der Waals surface area contributed by atoms with E-state index in [1.807, 2.05) is 29.2 Å². The number of aromatic amines is 1. The Labute approximate surface area is 215 Å². The van der Waals surface area contributed by atoms with Crippen LogP contribution in [0.4, 0.5) is 19.1 Å². The van der Waals surface area contributed by atoms with Crippen LogP contribution in [0.15, 0.2) is 54.9 Å². The number of imidazole rings is 1. The zero-order valence-corrected chi connectivity index (χ0v) is 20.1. The van der Waals surface area contributed by atoms with Gasteiger partial charge in [-0.1, -0.05) is 24.3 Å². The Morgan fingerprint density at radius 3 is 2.18 bits per heavy atom. The van der Waals surface area contributed by atoms with E-state index in [0.717, 1.165) is 28.8 Å². The number of nitrogens with one attached hydrogen (secondary N) is 1. The first-order valence-corrected chi connectivity index (χ1v) is 11.9. The number of fused-ring (bicyclic) bond motifs is 1. The monoisotopic (exact) mass is 524 g/mol. The van der Waals surface area contributed by atoms with Crippen molar-refractivity contribution in [3.05, 3.63) is 60.4 Å². The average molecular weight is 525 g/mol. The second kappa shape index (κ2) is 10.1. The van der Waals surface area contributed by atoms with E-state index in [1.165, 1.54) is 6.07 Å². The molecule has 0 unspecified atom stereocenters. The van der Waals surface area contributed by atoms with Crippen molar-refractivity contribution in [3.63, 3.8) is 0 Å². The highest BCUT2D eigenvalue weighted by molar-refractivity contribution is 5.81. The molecule has 0 radical (unpaired) electrons. The third kappa shape index (κ3) is 5.43.